The fraction of sp³-hybridized carbons (Fsp3) is 0.154. The van der Waals surface area contributed by atoms with Gasteiger partial charge < -0.3 is 14.6 Å². The van der Waals surface area contributed by atoms with E-state index < -0.39 is 29.2 Å². The molecule has 8 heteroatoms. The van der Waals surface area contributed by atoms with E-state index in [1.165, 1.54) is 5.01 Å². The van der Waals surface area contributed by atoms with E-state index in [0.29, 0.717) is 11.4 Å². The van der Waals surface area contributed by atoms with Crippen LogP contribution >= 0.6 is 0 Å². The minimum absolute atomic E-state index is 0.116. The van der Waals surface area contributed by atoms with Crippen LogP contribution in [-0.4, -0.2) is 50.5 Å². The first-order valence-corrected chi connectivity index (χ1v) is 19.9. The fourth-order valence-corrected chi connectivity index (χ4v) is 7.15. The van der Waals surface area contributed by atoms with Crippen molar-refractivity contribution in [2.24, 2.45) is 5.10 Å². The number of benzene rings is 6. The maximum Gasteiger partial charge on any atom is 0.339 e. The van der Waals surface area contributed by atoms with Gasteiger partial charge in [0.1, 0.15) is 29.4 Å². The molecule has 0 fully saturated rings. The van der Waals surface area contributed by atoms with Crippen LogP contribution in [0.4, 0.5) is 4.79 Å². The lowest BCUT2D eigenvalue weighted by Crippen LogP contribution is -2.49. The Bertz CT molecular complexity index is 2420. The van der Waals surface area contributed by atoms with Crippen molar-refractivity contribution in [1.29, 1.82) is 0 Å². The van der Waals surface area contributed by atoms with Crippen molar-refractivity contribution in [3.05, 3.63) is 234 Å². The van der Waals surface area contributed by atoms with Crippen molar-refractivity contribution >= 4 is 17.7 Å². The highest BCUT2D eigenvalue weighted by Crippen LogP contribution is 2.40. The van der Waals surface area contributed by atoms with Crippen LogP contribution in [0.5, 0.6) is 0 Å². The van der Waals surface area contributed by atoms with Crippen molar-refractivity contribution < 1.29 is 14.3 Å². The van der Waals surface area contributed by atoms with Crippen LogP contribution in [0.25, 0.3) is 0 Å². The lowest BCUT2D eigenvalue weighted by Gasteiger charge is -2.37. The van der Waals surface area contributed by atoms with E-state index in [2.05, 4.69) is 58.1 Å². The Balaban J connectivity index is 1.28. The summed E-state index contributed by atoms with van der Waals surface area (Å²) in [5.41, 5.74) is 5.19. The lowest BCUT2D eigenvalue weighted by atomic mass is 9.77. The number of imidazole rings is 1. The van der Waals surface area contributed by atoms with E-state index in [4.69, 9.17) is 14.8 Å². The van der Waals surface area contributed by atoms with E-state index in [1.54, 1.807) is 27.1 Å². The maximum atomic E-state index is 14.5. The topological polar surface area (TPSA) is 88.8 Å². The Morgan fingerprint density at radius 1 is 0.683 bits per heavy atom. The highest BCUT2D eigenvalue weighted by atomic mass is 16.6. The molecular weight excluding hydrogens is 743 g/mol. The van der Waals surface area contributed by atoms with Gasteiger partial charge in [0.2, 0.25) is 0 Å². The van der Waals surface area contributed by atoms with Crippen LogP contribution in [0.1, 0.15) is 59.8 Å². The van der Waals surface area contributed by atoms with Crippen LogP contribution in [0.3, 0.4) is 0 Å². The van der Waals surface area contributed by atoms with Crippen LogP contribution in [0.15, 0.2) is 200 Å². The van der Waals surface area contributed by atoms with E-state index in [-0.39, 0.29) is 13.0 Å². The monoisotopic (exact) mass is 789 g/mol. The summed E-state index contributed by atoms with van der Waals surface area (Å²) in [5.74, 6) is 5.84. The molecule has 0 unspecified atom stereocenters. The van der Waals surface area contributed by atoms with Gasteiger partial charge in [-0.3, -0.25) is 0 Å². The van der Waals surface area contributed by atoms with E-state index in [0.717, 1.165) is 33.4 Å². The second-order valence-corrected chi connectivity index (χ2v) is 15.2. The van der Waals surface area contributed by atoms with Crippen molar-refractivity contribution in [3.8, 4) is 11.8 Å². The van der Waals surface area contributed by atoms with Gasteiger partial charge in [-0.25, -0.2) is 19.6 Å². The predicted molar refractivity (Wildman–Crippen MR) is 237 cm³/mol. The number of carbonyl (C=O) groups excluding carboxylic acids is 2. The van der Waals surface area contributed by atoms with Gasteiger partial charge in [0, 0.05) is 23.7 Å². The summed E-state index contributed by atoms with van der Waals surface area (Å²) in [6.45, 7) is 5.29. The highest BCUT2D eigenvalue weighted by molar-refractivity contribution is 6.13. The number of carbonyl (C=O) groups is 2. The standard InChI is InChI=1S/C52H47N5O3/c1-51(2,3)60-49(58)47(37-40-23-10-4-11-24-40)54-50(59)57(55-48(41-25-12-5-13-26-41)42-27-14-6-15-28-42)36-22-35-46-38-56(39-53-46)52(43-29-16-7-17-30-43,44-31-18-8-19-32-44)45-33-20-9-21-34-45/h4-21,23-34,38-39,47H,36-37H2,1-3H3,(H,54,59)/t47-/m1/s1. The first-order valence-electron chi connectivity index (χ1n) is 19.9. The van der Waals surface area contributed by atoms with Gasteiger partial charge in [-0.05, 0) is 48.9 Å². The fourth-order valence-electron chi connectivity index (χ4n) is 7.15. The molecule has 0 radical (unpaired) electrons. The third kappa shape index (κ3) is 9.78. The Morgan fingerprint density at radius 3 is 1.60 bits per heavy atom. The molecule has 0 aliphatic heterocycles. The van der Waals surface area contributed by atoms with Gasteiger partial charge >= 0.3 is 12.0 Å². The quantitative estimate of drug-likeness (QED) is 0.0440. The molecule has 1 N–H and O–H groups in total. The number of rotatable bonds is 12. The van der Waals surface area contributed by atoms with Gasteiger partial charge in [0.05, 0.1) is 12.0 Å². The number of ether oxygens (including phenoxy) is 1. The van der Waals surface area contributed by atoms with Gasteiger partial charge in [-0.1, -0.05) is 188 Å². The Labute approximate surface area is 352 Å². The zero-order valence-electron chi connectivity index (χ0n) is 34.0. The number of hydrogen-bond acceptors (Lipinski definition) is 5. The first-order chi connectivity index (χ1) is 29.2. The molecule has 0 saturated heterocycles. The third-order valence-electron chi connectivity index (χ3n) is 9.81. The van der Waals surface area contributed by atoms with Gasteiger partial charge in [-0.2, -0.15) is 5.10 Å². The number of nitrogens with one attached hydrogen (secondary N) is 1. The van der Waals surface area contributed by atoms with E-state index in [1.807, 2.05) is 152 Å². The molecule has 1 atom stereocenters. The highest BCUT2D eigenvalue weighted by Gasteiger charge is 2.38. The zero-order valence-corrected chi connectivity index (χ0v) is 34.0. The SMILES string of the molecule is CC(C)(C)OC(=O)[C@@H](Cc1ccccc1)NC(=O)N(CC#Cc1cn(C(c2ccccc2)(c2ccccc2)c2ccccc2)cn1)N=C(c1ccccc1)c1ccccc1. The number of hydrazone groups is 1. The number of aromatic nitrogens is 2. The second-order valence-electron chi connectivity index (χ2n) is 15.2. The van der Waals surface area contributed by atoms with Crippen LogP contribution < -0.4 is 5.32 Å². The van der Waals surface area contributed by atoms with Gasteiger partial charge in [0.25, 0.3) is 0 Å². The van der Waals surface area contributed by atoms with Crippen LogP contribution in [0, 0.1) is 11.8 Å². The molecule has 7 aromatic rings. The first kappa shape index (κ1) is 40.7. The lowest BCUT2D eigenvalue weighted by molar-refractivity contribution is -0.157. The summed E-state index contributed by atoms with van der Waals surface area (Å²) in [4.78, 5) is 32.9. The second kappa shape index (κ2) is 18.8. The molecule has 0 bridgehead atoms. The number of amides is 2. The number of urea groups is 1. The van der Waals surface area contributed by atoms with E-state index in [9.17, 15) is 9.59 Å². The predicted octanol–water partition coefficient (Wildman–Crippen LogP) is 9.49. The average molecular weight is 790 g/mol. The van der Waals surface area contributed by atoms with Crippen molar-refractivity contribution in [1.82, 2.24) is 19.9 Å². The molecule has 0 saturated carbocycles. The van der Waals surface area contributed by atoms with Crippen molar-refractivity contribution in [2.45, 2.75) is 44.4 Å². The maximum absolute atomic E-state index is 14.5. The Morgan fingerprint density at radius 2 is 1.13 bits per heavy atom. The average Bonchev–Trinajstić information content (AvgIpc) is 3.75. The minimum atomic E-state index is -1.00. The normalized spacial score (nSPS) is 11.7. The number of esters is 1. The molecule has 1 aromatic heterocycles. The molecule has 2 amide bonds. The Kier molecular flexibility index (Phi) is 12.8. The molecule has 8 nitrogen and oxygen atoms in total. The molecule has 0 aliphatic rings. The molecule has 1 heterocycles. The molecule has 7 rings (SSSR count). The number of hydrogen-bond donors (Lipinski definition) is 1. The Hall–Kier alpha value is -7.50. The summed E-state index contributed by atoms with van der Waals surface area (Å²) in [5, 5.41) is 9.17. The van der Waals surface area contributed by atoms with Crippen molar-refractivity contribution in [2.75, 3.05) is 6.54 Å². The summed E-state index contributed by atoms with van der Waals surface area (Å²) >= 11 is 0. The summed E-state index contributed by atoms with van der Waals surface area (Å²) in [6, 6.07) is 58.3. The summed E-state index contributed by atoms with van der Waals surface area (Å²) < 4.78 is 7.89. The molecular formula is C52H47N5O3. The molecule has 0 spiro atoms. The van der Waals surface area contributed by atoms with Gasteiger partial charge in [0.15, 0.2) is 0 Å². The molecule has 298 valence electrons. The molecule has 0 aliphatic carbocycles. The summed E-state index contributed by atoms with van der Waals surface area (Å²) in [6.07, 6.45) is 3.96. The largest absolute Gasteiger partial charge is 0.458 e. The smallest absolute Gasteiger partial charge is 0.339 e. The molecule has 6 aromatic carbocycles. The minimum Gasteiger partial charge on any atom is -0.458 e. The third-order valence-corrected chi connectivity index (χ3v) is 9.81. The molecule has 60 heavy (non-hydrogen) atoms. The van der Waals surface area contributed by atoms with Gasteiger partial charge in [-0.15, -0.1) is 0 Å². The number of nitrogens with zero attached hydrogens (tertiary/aromatic N) is 4. The van der Waals surface area contributed by atoms with Crippen LogP contribution in [-0.2, 0) is 21.5 Å². The van der Waals surface area contributed by atoms with E-state index >= 15 is 0 Å². The zero-order chi connectivity index (χ0) is 41.8. The van der Waals surface area contributed by atoms with Crippen LogP contribution in [0.2, 0.25) is 0 Å². The van der Waals surface area contributed by atoms with Crippen molar-refractivity contribution in [3.63, 3.8) is 0 Å². The summed E-state index contributed by atoms with van der Waals surface area (Å²) in [7, 11) is 0.